The highest BCUT2D eigenvalue weighted by Gasteiger charge is 2.49. The van der Waals surface area contributed by atoms with Gasteiger partial charge in [-0.05, 0) is 47.5 Å². The average molecular weight is 523 g/mol. The van der Waals surface area contributed by atoms with E-state index in [0.717, 1.165) is 22.6 Å². The number of amides is 1. The van der Waals surface area contributed by atoms with E-state index < -0.39 is 9.84 Å². The van der Waals surface area contributed by atoms with E-state index in [-0.39, 0.29) is 35.1 Å². The highest BCUT2D eigenvalue weighted by atomic mass is 32.2. The Morgan fingerprint density at radius 3 is 2.33 bits per heavy atom. The lowest BCUT2D eigenvalue weighted by Gasteiger charge is -2.24. The van der Waals surface area contributed by atoms with E-state index in [9.17, 15) is 13.2 Å². The molecule has 2 aliphatic heterocycles. The smallest absolute Gasteiger partial charge is 0.252 e. The van der Waals surface area contributed by atoms with Gasteiger partial charge >= 0.3 is 0 Å². The van der Waals surface area contributed by atoms with Gasteiger partial charge in [0.25, 0.3) is 5.91 Å². The third kappa shape index (κ3) is 5.57. The number of hydrogen-bond donors (Lipinski definition) is 0. The van der Waals surface area contributed by atoms with Crippen molar-refractivity contribution in [2.24, 2.45) is 4.99 Å². The van der Waals surface area contributed by atoms with Crippen LogP contribution in [0.3, 0.4) is 0 Å². The Balaban J connectivity index is 1.34. The average Bonchev–Trinajstić information content (AvgIpc) is 3.34. The van der Waals surface area contributed by atoms with Crippen molar-refractivity contribution >= 4 is 38.4 Å². The summed E-state index contributed by atoms with van der Waals surface area (Å²) in [6, 6.07) is 24.4. The molecule has 2 aliphatic rings. The lowest BCUT2D eigenvalue weighted by atomic mass is 10.1. The molecule has 0 saturated carbocycles. The summed E-state index contributed by atoms with van der Waals surface area (Å²) in [5.74, 6) is 1.28. The minimum atomic E-state index is -3.14. The molecule has 0 spiro atoms. The monoisotopic (exact) mass is 522 g/mol. The van der Waals surface area contributed by atoms with Crippen LogP contribution in [0.4, 0.5) is 5.69 Å². The van der Waals surface area contributed by atoms with Gasteiger partial charge < -0.3 is 14.4 Å². The standard InChI is InChI=1S/C27H26N2O5S2/c1-33-22-11-7-19(8-12-22)15-26(30)28-27-29(24-17-36(31,32)18-25(24)35-27)21-9-13-23(14-10-21)34-16-20-5-3-2-4-6-20/h2-14,24-25H,15-18H2,1H3/t24-,25+/m1/s1. The summed E-state index contributed by atoms with van der Waals surface area (Å²) in [7, 11) is -1.55. The number of ether oxygens (including phenoxy) is 2. The molecule has 1 amide bonds. The summed E-state index contributed by atoms with van der Waals surface area (Å²) in [5.41, 5.74) is 2.69. The Morgan fingerprint density at radius 1 is 0.944 bits per heavy atom. The molecule has 36 heavy (non-hydrogen) atoms. The predicted octanol–water partition coefficient (Wildman–Crippen LogP) is 4.12. The maximum absolute atomic E-state index is 12.8. The summed E-state index contributed by atoms with van der Waals surface area (Å²) in [5, 5.41) is 0.382. The number of carbonyl (C=O) groups excluding carboxylic acids is 1. The fraction of sp³-hybridized carbons (Fsp3) is 0.259. The molecule has 186 valence electrons. The van der Waals surface area contributed by atoms with Crippen molar-refractivity contribution in [2.45, 2.75) is 24.3 Å². The largest absolute Gasteiger partial charge is 0.497 e. The third-order valence-corrected chi connectivity index (χ3v) is 9.37. The van der Waals surface area contributed by atoms with Crippen LogP contribution in [0.25, 0.3) is 0 Å². The first-order valence-electron chi connectivity index (χ1n) is 11.6. The number of amidine groups is 1. The molecule has 2 saturated heterocycles. The molecule has 0 radical (unpaired) electrons. The fourth-order valence-electron chi connectivity index (χ4n) is 4.37. The summed E-state index contributed by atoms with van der Waals surface area (Å²) < 4.78 is 35.7. The maximum atomic E-state index is 12.8. The number of aliphatic imine (C=N–C) groups is 1. The first kappa shape index (κ1) is 24.4. The molecule has 0 unspecified atom stereocenters. The van der Waals surface area contributed by atoms with Gasteiger partial charge in [0.2, 0.25) is 0 Å². The van der Waals surface area contributed by atoms with E-state index in [1.54, 1.807) is 7.11 Å². The van der Waals surface area contributed by atoms with Crippen LogP contribution in [-0.4, -0.2) is 49.4 Å². The molecular weight excluding hydrogens is 496 g/mol. The van der Waals surface area contributed by atoms with Crippen molar-refractivity contribution in [2.75, 3.05) is 23.5 Å². The van der Waals surface area contributed by atoms with Crippen LogP contribution in [0.5, 0.6) is 11.5 Å². The van der Waals surface area contributed by atoms with Crippen LogP contribution < -0.4 is 14.4 Å². The molecule has 2 atom stereocenters. The molecule has 7 nitrogen and oxygen atoms in total. The number of carbonyl (C=O) groups is 1. The van der Waals surface area contributed by atoms with Gasteiger partial charge in [-0.3, -0.25) is 4.79 Å². The molecular formula is C27H26N2O5S2. The van der Waals surface area contributed by atoms with Gasteiger partial charge in [0, 0.05) is 10.9 Å². The number of sulfone groups is 1. The molecule has 0 aliphatic carbocycles. The molecule has 0 N–H and O–H groups in total. The minimum absolute atomic E-state index is 0.0443. The Bertz CT molecular complexity index is 1360. The molecule has 9 heteroatoms. The van der Waals surface area contributed by atoms with Crippen LogP contribution in [0.15, 0.2) is 83.9 Å². The second-order valence-electron chi connectivity index (χ2n) is 8.75. The first-order valence-corrected chi connectivity index (χ1v) is 14.3. The highest BCUT2D eigenvalue weighted by Crippen LogP contribution is 2.41. The topological polar surface area (TPSA) is 85.3 Å². The van der Waals surface area contributed by atoms with Gasteiger partial charge in [-0.25, -0.2) is 8.42 Å². The minimum Gasteiger partial charge on any atom is -0.497 e. The molecule has 0 aromatic heterocycles. The quantitative estimate of drug-likeness (QED) is 0.462. The van der Waals surface area contributed by atoms with E-state index >= 15 is 0 Å². The molecule has 0 bridgehead atoms. The van der Waals surface area contributed by atoms with Crippen molar-refractivity contribution in [3.8, 4) is 11.5 Å². The van der Waals surface area contributed by atoms with Crippen LogP contribution in [-0.2, 0) is 27.7 Å². The predicted molar refractivity (Wildman–Crippen MR) is 143 cm³/mol. The van der Waals surface area contributed by atoms with Crippen molar-refractivity contribution in [1.29, 1.82) is 0 Å². The zero-order valence-corrected chi connectivity index (χ0v) is 21.4. The Hall–Kier alpha value is -3.30. The van der Waals surface area contributed by atoms with Gasteiger partial charge in [0.1, 0.15) is 18.1 Å². The van der Waals surface area contributed by atoms with Gasteiger partial charge in [0.05, 0.1) is 31.1 Å². The van der Waals surface area contributed by atoms with E-state index in [2.05, 4.69) is 4.99 Å². The summed E-state index contributed by atoms with van der Waals surface area (Å²) in [6.07, 6.45) is 0.155. The molecule has 2 heterocycles. The number of methoxy groups -OCH3 is 1. The normalized spacial score (nSPS) is 21.4. The van der Waals surface area contributed by atoms with Gasteiger partial charge in [-0.2, -0.15) is 4.99 Å². The van der Waals surface area contributed by atoms with Crippen molar-refractivity contribution in [3.05, 3.63) is 90.0 Å². The highest BCUT2D eigenvalue weighted by molar-refractivity contribution is 8.16. The molecule has 5 rings (SSSR count). The van der Waals surface area contributed by atoms with Crippen LogP contribution in [0.1, 0.15) is 11.1 Å². The summed E-state index contributed by atoms with van der Waals surface area (Å²) in [4.78, 5) is 19.1. The van der Waals surface area contributed by atoms with Gasteiger partial charge in [-0.15, -0.1) is 0 Å². The third-order valence-electron chi connectivity index (χ3n) is 6.16. The zero-order valence-electron chi connectivity index (χ0n) is 19.7. The number of nitrogens with zero attached hydrogens (tertiary/aromatic N) is 2. The lowest BCUT2D eigenvalue weighted by Crippen LogP contribution is -2.37. The van der Waals surface area contributed by atoms with Crippen molar-refractivity contribution in [1.82, 2.24) is 0 Å². The van der Waals surface area contributed by atoms with Crippen molar-refractivity contribution in [3.63, 3.8) is 0 Å². The van der Waals surface area contributed by atoms with Crippen LogP contribution >= 0.6 is 11.8 Å². The Kier molecular flexibility index (Phi) is 7.02. The summed E-state index contributed by atoms with van der Waals surface area (Å²) >= 11 is 1.37. The van der Waals surface area contributed by atoms with Crippen LogP contribution in [0.2, 0.25) is 0 Å². The van der Waals surface area contributed by atoms with E-state index in [4.69, 9.17) is 9.47 Å². The zero-order chi connectivity index (χ0) is 25.1. The van der Waals surface area contributed by atoms with Gasteiger partial charge in [0.15, 0.2) is 15.0 Å². The van der Waals surface area contributed by atoms with E-state index in [1.165, 1.54) is 11.8 Å². The first-order chi connectivity index (χ1) is 17.4. The summed E-state index contributed by atoms with van der Waals surface area (Å²) in [6.45, 7) is 0.454. The lowest BCUT2D eigenvalue weighted by molar-refractivity contribution is -0.117. The van der Waals surface area contributed by atoms with Crippen LogP contribution in [0, 0.1) is 0 Å². The number of benzene rings is 3. The molecule has 2 fully saturated rings. The second-order valence-corrected chi connectivity index (χ2v) is 12.1. The molecule has 3 aromatic rings. The second kappa shape index (κ2) is 10.4. The van der Waals surface area contributed by atoms with E-state index in [1.807, 2.05) is 83.8 Å². The Labute approximate surface area is 215 Å². The number of thioether (sulfide) groups is 1. The number of anilines is 1. The maximum Gasteiger partial charge on any atom is 0.252 e. The number of rotatable bonds is 7. The van der Waals surface area contributed by atoms with Crippen molar-refractivity contribution < 1.29 is 22.7 Å². The number of fused-ring (bicyclic) bond motifs is 1. The van der Waals surface area contributed by atoms with Gasteiger partial charge in [-0.1, -0.05) is 54.2 Å². The SMILES string of the molecule is COc1ccc(CC(=O)N=C2S[C@H]3CS(=O)(=O)C[C@H]3N2c2ccc(OCc3ccccc3)cc2)cc1. The molecule has 3 aromatic carbocycles. The fourth-order valence-corrected chi connectivity index (χ4v) is 8.31. The Morgan fingerprint density at radius 2 is 1.64 bits per heavy atom. The number of hydrogen-bond acceptors (Lipinski definition) is 6. The van der Waals surface area contributed by atoms with E-state index in [0.29, 0.717) is 17.5 Å².